The SMILES string of the molecule is CC(C)C(=O)Nc1ccc(S(=O)(=O)NCC(=O)O)cc1. The second-order valence-corrected chi connectivity index (χ2v) is 6.15. The molecule has 0 bridgehead atoms. The third-order valence-corrected chi connectivity index (χ3v) is 3.79. The number of carbonyl (C=O) groups excluding carboxylic acids is 1. The van der Waals surface area contributed by atoms with Gasteiger partial charge in [-0.15, -0.1) is 0 Å². The monoisotopic (exact) mass is 300 g/mol. The molecule has 0 aliphatic heterocycles. The summed E-state index contributed by atoms with van der Waals surface area (Å²) in [5.74, 6) is -1.63. The number of rotatable bonds is 6. The van der Waals surface area contributed by atoms with E-state index in [4.69, 9.17) is 5.11 Å². The van der Waals surface area contributed by atoms with Gasteiger partial charge >= 0.3 is 5.97 Å². The first-order valence-electron chi connectivity index (χ1n) is 5.85. The Morgan fingerprint density at radius 3 is 2.20 bits per heavy atom. The van der Waals surface area contributed by atoms with Gasteiger partial charge in [-0.3, -0.25) is 9.59 Å². The van der Waals surface area contributed by atoms with Gasteiger partial charge in [0, 0.05) is 11.6 Å². The van der Waals surface area contributed by atoms with Crippen molar-refractivity contribution in [1.29, 1.82) is 0 Å². The highest BCUT2D eigenvalue weighted by atomic mass is 32.2. The van der Waals surface area contributed by atoms with E-state index in [-0.39, 0.29) is 16.7 Å². The zero-order valence-corrected chi connectivity index (χ0v) is 11.9. The number of carboxylic acid groups (broad SMARTS) is 1. The van der Waals surface area contributed by atoms with E-state index < -0.39 is 22.5 Å². The van der Waals surface area contributed by atoms with Crippen LogP contribution in [0.15, 0.2) is 29.2 Å². The van der Waals surface area contributed by atoms with Gasteiger partial charge in [-0.05, 0) is 24.3 Å². The highest BCUT2D eigenvalue weighted by molar-refractivity contribution is 7.89. The number of carboxylic acids is 1. The Hall–Kier alpha value is -1.93. The van der Waals surface area contributed by atoms with E-state index >= 15 is 0 Å². The van der Waals surface area contributed by atoms with Crippen LogP contribution in [0.1, 0.15) is 13.8 Å². The fourth-order valence-electron chi connectivity index (χ4n) is 1.24. The average molecular weight is 300 g/mol. The molecule has 0 aliphatic rings. The predicted octanol–water partition coefficient (Wildman–Crippen LogP) is 0.644. The highest BCUT2D eigenvalue weighted by Gasteiger charge is 2.15. The normalized spacial score (nSPS) is 11.3. The van der Waals surface area contributed by atoms with Crippen LogP contribution in [0.5, 0.6) is 0 Å². The second-order valence-electron chi connectivity index (χ2n) is 4.39. The van der Waals surface area contributed by atoms with Gasteiger partial charge in [0.1, 0.15) is 6.54 Å². The van der Waals surface area contributed by atoms with Crippen LogP contribution < -0.4 is 10.0 Å². The fourth-order valence-corrected chi connectivity index (χ4v) is 2.22. The molecule has 0 heterocycles. The molecule has 0 atom stereocenters. The largest absolute Gasteiger partial charge is 0.480 e. The summed E-state index contributed by atoms with van der Waals surface area (Å²) in [6.45, 7) is 2.79. The van der Waals surface area contributed by atoms with Crippen molar-refractivity contribution in [2.45, 2.75) is 18.7 Å². The number of amides is 1. The Labute approximate surface area is 117 Å². The molecule has 1 amide bonds. The smallest absolute Gasteiger partial charge is 0.318 e. The Balaban J connectivity index is 2.80. The lowest BCUT2D eigenvalue weighted by Gasteiger charge is -2.09. The molecule has 8 heteroatoms. The molecule has 3 N–H and O–H groups in total. The standard InChI is InChI=1S/C12H16N2O5S/c1-8(2)12(17)14-9-3-5-10(6-4-9)20(18,19)13-7-11(15)16/h3-6,8,13H,7H2,1-2H3,(H,14,17)(H,15,16). The van der Waals surface area contributed by atoms with E-state index in [0.29, 0.717) is 5.69 Å². The zero-order valence-electron chi connectivity index (χ0n) is 11.1. The van der Waals surface area contributed by atoms with Crippen molar-refractivity contribution in [3.05, 3.63) is 24.3 Å². The van der Waals surface area contributed by atoms with Crippen molar-refractivity contribution in [2.24, 2.45) is 5.92 Å². The summed E-state index contributed by atoms with van der Waals surface area (Å²) in [5.41, 5.74) is 0.473. The van der Waals surface area contributed by atoms with Crippen LogP contribution >= 0.6 is 0 Å². The lowest BCUT2D eigenvalue weighted by molar-refractivity contribution is -0.135. The van der Waals surface area contributed by atoms with Crippen LogP contribution in [0.3, 0.4) is 0 Å². The predicted molar refractivity (Wildman–Crippen MR) is 72.7 cm³/mol. The summed E-state index contributed by atoms with van der Waals surface area (Å²) >= 11 is 0. The maximum absolute atomic E-state index is 11.7. The van der Waals surface area contributed by atoms with Gasteiger partial charge in [-0.25, -0.2) is 8.42 Å². The molecule has 0 saturated carbocycles. The van der Waals surface area contributed by atoms with Crippen molar-refractivity contribution in [3.8, 4) is 0 Å². The molecule has 0 aliphatic carbocycles. The molecular formula is C12H16N2O5S. The van der Waals surface area contributed by atoms with Crippen molar-refractivity contribution < 1.29 is 23.1 Å². The first kappa shape index (κ1) is 16.1. The lowest BCUT2D eigenvalue weighted by Crippen LogP contribution is -2.29. The number of benzene rings is 1. The zero-order chi connectivity index (χ0) is 15.3. The molecule has 1 rings (SSSR count). The summed E-state index contributed by atoms with van der Waals surface area (Å²) in [6.07, 6.45) is 0. The Bertz CT molecular complexity index is 593. The molecule has 0 saturated heterocycles. The first-order valence-corrected chi connectivity index (χ1v) is 7.33. The number of aliphatic carboxylic acids is 1. The van der Waals surface area contributed by atoms with E-state index in [9.17, 15) is 18.0 Å². The van der Waals surface area contributed by atoms with Gasteiger partial charge in [-0.2, -0.15) is 4.72 Å². The third-order valence-electron chi connectivity index (χ3n) is 2.37. The molecule has 1 aromatic rings. The van der Waals surface area contributed by atoms with Crippen molar-refractivity contribution in [2.75, 3.05) is 11.9 Å². The van der Waals surface area contributed by atoms with Gasteiger partial charge < -0.3 is 10.4 Å². The van der Waals surface area contributed by atoms with Crippen LogP contribution in [-0.4, -0.2) is 31.9 Å². The molecule has 0 fully saturated rings. The summed E-state index contributed by atoms with van der Waals surface area (Å²) in [4.78, 5) is 21.7. The van der Waals surface area contributed by atoms with E-state index in [1.54, 1.807) is 13.8 Å². The van der Waals surface area contributed by atoms with Crippen LogP contribution in [0.25, 0.3) is 0 Å². The van der Waals surface area contributed by atoms with Gasteiger partial charge in [0.25, 0.3) is 0 Å². The van der Waals surface area contributed by atoms with Crippen LogP contribution in [0, 0.1) is 5.92 Å². The number of hydrogen-bond donors (Lipinski definition) is 3. The summed E-state index contributed by atoms with van der Waals surface area (Å²) in [6, 6.07) is 5.46. The van der Waals surface area contributed by atoms with Crippen molar-refractivity contribution in [3.63, 3.8) is 0 Å². The van der Waals surface area contributed by atoms with Crippen molar-refractivity contribution in [1.82, 2.24) is 4.72 Å². The fraction of sp³-hybridized carbons (Fsp3) is 0.333. The molecule has 0 radical (unpaired) electrons. The minimum atomic E-state index is -3.86. The number of hydrogen-bond acceptors (Lipinski definition) is 4. The molecule has 110 valence electrons. The summed E-state index contributed by atoms with van der Waals surface area (Å²) in [7, 11) is -3.86. The lowest BCUT2D eigenvalue weighted by atomic mass is 10.2. The average Bonchev–Trinajstić information content (AvgIpc) is 2.37. The van der Waals surface area contributed by atoms with Gasteiger partial charge in [0.2, 0.25) is 15.9 Å². The van der Waals surface area contributed by atoms with E-state index in [1.165, 1.54) is 24.3 Å². The molecule has 7 nitrogen and oxygen atoms in total. The molecule has 0 aromatic heterocycles. The maximum atomic E-state index is 11.7. The van der Waals surface area contributed by atoms with E-state index in [0.717, 1.165) is 0 Å². The number of nitrogens with one attached hydrogen (secondary N) is 2. The first-order chi connectivity index (χ1) is 9.22. The molecular weight excluding hydrogens is 284 g/mol. The van der Waals surface area contributed by atoms with Gasteiger partial charge in [0.15, 0.2) is 0 Å². The van der Waals surface area contributed by atoms with E-state index in [1.807, 2.05) is 4.72 Å². The summed E-state index contributed by atoms with van der Waals surface area (Å²) < 4.78 is 25.4. The summed E-state index contributed by atoms with van der Waals surface area (Å²) in [5, 5.41) is 11.1. The molecule has 0 spiro atoms. The maximum Gasteiger partial charge on any atom is 0.318 e. The molecule has 20 heavy (non-hydrogen) atoms. The quantitative estimate of drug-likeness (QED) is 0.713. The molecule has 1 aromatic carbocycles. The number of carbonyl (C=O) groups is 2. The van der Waals surface area contributed by atoms with Crippen LogP contribution in [-0.2, 0) is 19.6 Å². The van der Waals surface area contributed by atoms with Gasteiger partial charge in [0.05, 0.1) is 4.90 Å². The van der Waals surface area contributed by atoms with Crippen molar-refractivity contribution >= 4 is 27.6 Å². The minimum Gasteiger partial charge on any atom is -0.480 e. The molecule has 0 unspecified atom stereocenters. The number of sulfonamides is 1. The van der Waals surface area contributed by atoms with E-state index in [2.05, 4.69) is 5.32 Å². The topological polar surface area (TPSA) is 113 Å². The number of anilines is 1. The third kappa shape index (κ3) is 4.63. The Morgan fingerprint density at radius 2 is 1.75 bits per heavy atom. The van der Waals surface area contributed by atoms with Gasteiger partial charge in [-0.1, -0.05) is 13.8 Å². The Kier molecular flexibility index (Phi) is 5.23. The van der Waals surface area contributed by atoms with Crippen LogP contribution in [0.2, 0.25) is 0 Å². The van der Waals surface area contributed by atoms with Crippen LogP contribution in [0.4, 0.5) is 5.69 Å². The second kappa shape index (κ2) is 6.49. The highest BCUT2D eigenvalue weighted by Crippen LogP contribution is 2.14. The minimum absolute atomic E-state index is 0.0682. The Morgan fingerprint density at radius 1 is 1.20 bits per heavy atom.